The number of aryl methyl sites for hydroxylation is 2. The lowest BCUT2D eigenvalue weighted by Crippen LogP contribution is -2.48. The van der Waals surface area contributed by atoms with E-state index in [1.165, 1.54) is 22.2 Å². The number of carbonyl (C=O) groups is 1. The van der Waals surface area contributed by atoms with E-state index in [2.05, 4.69) is 10.3 Å². The molecule has 0 aromatic carbocycles. The van der Waals surface area contributed by atoms with Crippen molar-refractivity contribution in [3.05, 3.63) is 27.1 Å². The maximum Gasteiger partial charge on any atom is 0.262 e. The highest BCUT2D eigenvalue weighted by atomic mass is 32.1. The third kappa shape index (κ3) is 2.58. The van der Waals surface area contributed by atoms with Gasteiger partial charge in [0.05, 0.1) is 11.7 Å². The summed E-state index contributed by atoms with van der Waals surface area (Å²) in [6.07, 6.45) is 1.49. The molecule has 2 aromatic rings. The molecule has 2 aromatic heterocycles. The third-order valence-corrected chi connectivity index (χ3v) is 5.05. The summed E-state index contributed by atoms with van der Waals surface area (Å²) in [7, 11) is 0. The molecule has 0 atom stereocenters. The fourth-order valence-electron chi connectivity index (χ4n) is 2.54. The number of carbonyl (C=O) groups excluding carboxylic acids is 1. The highest BCUT2D eigenvalue weighted by Crippen LogP contribution is 2.25. The zero-order chi connectivity index (χ0) is 15.0. The molecule has 0 unspecified atom stereocenters. The zero-order valence-corrected chi connectivity index (χ0v) is 13.0. The fourth-order valence-corrected chi connectivity index (χ4v) is 3.53. The Morgan fingerprint density at radius 2 is 2.10 bits per heavy atom. The fraction of sp³-hybridized carbons (Fsp3) is 0.500. The van der Waals surface area contributed by atoms with Crippen molar-refractivity contribution in [3.63, 3.8) is 0 Å². The zero-order valence-electron chi connectivity index (χ0n) is 12.2. The van der Waals surface area contributed by atoms with Gasteiger partial charge in [-0.05, 0) is 19.4 Å². The summed E-state index contributed by atoms with van der Waals surface area (Å²) in [5, 5.41) is 3.85. The molecule has 3 heterocycles. The summed E-state index contributed by atoms with van der Waals surface area (Å²) in [5.41, 5.74) is 0.849. The van der Waals surface area contributed by atoms with E-state index in [1.807, 2.05) is 13.8 Å². The number of hydrogen-bond donors (Lipinski definition) is 1. The van der Waals surface area contributed by atoms with Crippen LogP contribution in [0.3, 0.4) is 0 Å². The van der Waals surface area contributed by atoms with Crippen LogP contribution in [0.1, 0.15) is 10.4 Å². The lowest BCUT2D eigenvalue weighted by atomic mass is 10.2. The largest absolute Gasteiger partial charge is 0.339 e. The predicted molar refractivity (Wildman–Crippen MR) is 82.8 cm³/mol. The number of nitrogens with one attached hydrogen (secondary N) is 1. The lowest BCUT2D eigenvalue weighted by Gasteiger charge is -2.27. The highest BCUT2D eigenvalue weighted by molar-refractivity contribution is 7.18. The summed E-state index contributed by atoms with van der Waals surface area (Å²) >= 11 is 1.52. The van der Waals surface area contributed by atoms with E-state index < -0.39 is 0 Å². The molecule has 1 saturated heterocycles. The topological polar surface area (TPSA) is 67.2 Å². The van der Waals surface area contributed by atoms with E-state index in [0.717, 1.165) is 28.4 Å². The number of aromatic nitrogens is 2. The van der Waals surface area contributed by atoms with Gasteiger partial charge in [-0.2, -0.15) is 0 Å². The van der Waals surface area contributed by atoms with Gasteiger partial charge in [0.1, 0.15) is 11.4 Å². The van der Waals surface area contributed by atoms with Crippen LogP contribution in [-0.4, -0.2) is 46.5 Å². The van der Waals surface area contributed by atoms with Crippen molar-refractivity contribution in [2.75, 3.05) is 26.2 Å². The second-order valence-electron chi connectivity index (χ2n) is 5.27. The van der Waals surface area contributed by atoms with Crippen molar-refractivity contribution >= 4 is 27.5 Å². The van der Waals surface area contributed by atoms with Crippen LogP contribution in [0.5, 0.6) is 0 Å². The van der Waals surface area contributed by atoms with E-state index in [0.29, 0.717) is 18.5 Å². The van der Waals surface area contributed by atoms with Gasteiger partial charge in [0.2, 0.25) is 5.91 Å². The molecule has 0 aliphatic carbocycles. The minimum absolute atomic E-state index is 0.0237. The molecule has 1 amide bonds. The Morgan fingerprint density at radius 1 is 1.38 bits per heavy atom. The van der Waals surface area contributed by atoms with Gasteiger partial charge in [0.15, 0.2) is 0 Å². The number of thiophene rings is 1. The first-order valence-electron chi connectivity index (χ1n) is 7.01. The van der Waals surface area contributed by atoms with Crippen LogP contribution in [0.4, 0.5) is 0 Å². The van der Waals surface area contributed by atoms with Crippen molar-refractivity contribution in [2.24, 2.45) is 0 Å². The van der Waals surface area contributed by atoms with Gasteiger partial charge in [0, 0.05) is 31.1 Å². The number of rotatable bonds is 2. The second-order valence-corrected chi connectivity index (χ2v) is 6.48. The molecule has 0 spiro atoms. The lowest BCUT2D eigenvalue weighted by molar-refractivity contribution is -0.132. The van der Waals surface area contributed by atoms with Gasteiger partial charge in [0.25, 0.3) is 5.56 Å². The van der Waals surface area contributed by atoms with Crippen LogP contribution >= 0.6 is 11.3 Å². The van der Waals surface area contributed by atoms with Crippen LogP contribution < -0.4 is 10.9 Å². The number of nitrogens with zero attached hydrogens (tertiary/aromatic N) is 3. The van der Waals surface area contributed by atoms with Gasteiger partial charge in [-0.1, -0.05) is 0 Å². The van der Waals surface area contributed by atoms with Crippen molar-refractivity contribution < 1.29 is 4.79 Å². The molecule has 3 rings (SSSR count). The van der Waals surface area contributed by atoms with Gasteiger partial charge >= 0.3 is 0 Å². The average Bonchev–Trinajstić information content (AvgIpc) is 2.79. The molecule has 1 N–H and O–H groups in total. The SMILES string of the molecule is Cc1sc2ncn(CC(=O)N3CCNCC3)c(=O)c2c1C. The summed E-state index contributed by atoms with van der Waals surface area (Å²) < 4.78 is 1.42. The van der Waals surface area contributed by atoms with Crippen molar-refractivity contribution in [1.29, 1.82) is 0 Å². The number of fused-ring (bicyclic) bond motifs is 1. The Morgan fingerprint density at radius 3 is 2.81 bits per heavy atom. The maximum absolute atomic E-state index is 12.5. The second kappa shape index (κ2) is 5.57. The number of amides is 1. The molecule has 0 radical (unpaired) electrons. The molecule has 1 fully saturated rings. The average molecular weight is 306 g/mol. The van der Waals surface area contributed by atoms with Crippen LogP contribution in [0.15, 0.2) is 11.1 Å². The van der Waals surface area contributed by atoms with E-state index in [-0.39, 0.29) is 18.0 Å². The summed E-state index contributed by atoms with van der Waals surface area (Å²) in [6.45, 7) is 6.98. The van der Waals surface area contributed by atoms with Crippen LogP contribution in [0.25, 0.3) is 10.2 Å². The first-order chi connectivity index (χ1) is 10.1. The molecule has 21 heavy (non-hydrogen) atoms. The minimum Gasteiger partial charge on any atom is -0.339 e. The monoisotopic (exact) mass is 306 g/mol. The van der Waals surface area contributed by atoms with Crippen LogP contribution in [0.2, 0.25) is 0 Å². The van der Waals surface area contributed by atoms with Gasteiger partial charge in [-0.25, -0.2) is 4.98 Å². The molecule has 112 valence electrons. The molecule has 6 nitrogen and oxygen atoms in total. The molecular formula is C14H18N4O2S. The Hall–Kier alpha value is -1.73. The minimum atomic E-state index is -0.120. The molecule has 1 aliphatic heterocycles. The molecule has 7 heteroatoms. The standard InChI is InChI=1S/C14H18N4O2S/c1-9-10(2)21-13-12(9)14(20)18(8-16-13)7-11(19)17-5-3-15-4-6-17/h8,15H,3-7H2,1-2H3. The maximum atomic E-state index is 12.5. The Bertz CT molecular complexity index is 743. The molecule has 0 saturated carbocycles. The summed E-state index contributed by atoms with van der Waals surface area (Å²) in [4.78, 5) is 32.7. The molecule has 0 bridgehead atoms. The normalized spacial score (nSPS) is 15.6. The van der Waals surface area contributed by atoms with E-state index in [1.54, 1.807) is 4.90 Å². The Kier molecular flexibility index (Phi) is 3.77. The van der Waals surface area contributed by atoms with E-state index in [4.69, 9.17) is 0 Å². The summed E-state index contributed by atoms with van der Waals surface area (Å²) in [6, 6.07) is 0. The smallest absolute Gasteiger partial charge is 0.262 e. The Labute approximate surface area is 126 Å². The van der Waals surface area contributed by atoms with Gasteiger partial charge in [-0.3, -0.25) is 14.2 Å². The van der Waals surface area contributed by atoms with Gasteiger partial charge < -0.3 is 10.2 Å². The quantitative estimate of drug-likeness (QED) is 0.878. The van der Waals surface area contributed by atoms with Crippen molar-refractivity contribution in [1.82, 2.24) is 19.8 Å². The third-order valence-electron chi connectivity index (χ3n) is 3.93. The van der Waals surface area contributed by atoms with E-state index >= 15 is 0 Å². The Balaban J connectivity index is 1.90. The van der Waals surface area contributed by atoms with Crippen molar-refractivity contribution in [3.8, 4) is 0 Å². The van der Waals surface area contributed by atoms with E-state index in [9.17, 15) is 9.59 Å². The van der Waals surface area contributed by atoms with Crippen molar-refractivity contribution in [2.45, 2.75) is 20.4 Å². The van der Waals surface area contributed by atoms with Crippen LogP contribution in [-0.2, 0) is 11.3 Å². The highest BCUT2D eigenvalue weighted by Gasteiger charge is 2.18. The number of piperazine rings is 1. The number of hydrogen-bond acceptors (Lipinski definition) is 5. The van der Waals surface area contributed by atoms with Gasteiger partial charge in [-0.15, -0.1) is 11.3 Å². The summed E-state index contributed by atoms with van der Waals surface area (Å²) in [5.74, 6) is -0.0237. The predicted octanol–water partition coefficient (Wildman–Crippen LogP) is 0.507. The van der Waals surface area contributed by atoms with Crippen LogP contribution in [0, 0.1) is 13.8 Å². The first kappa shape index (κ1) is 14.2. The molecular weight excluding hydrogens is 288 g/mol. The first-order valence-corrected chi connectivity index (χ1v) is 7.83. The molecule has 1 aliphatic rings.